The van der Waals surface area contributed by atoms with Gasteiger partial charge in [0.15, 0.2) is 11.0 Å². The number of carbonyl (C=O) groups excluding carboxylic acids is 1. The molecular formula is C24H29N5OS. The van der Waals surface area contributed by atoms with Crippen LogP contribution in [0.1, 0.15) is 50.2 Å². The molecule has 1 fully saturated rings. The van der Waals surface area contributed by atoms with Gasteiger partial charge in [-0.1, -0.05) is 48.7 Å². The number of aromatic nitrogens is 4. The number of hydrogen-bond donors (Lipinski definition) is 1. The monoisotopic (exact) mass is 435 g/mol. The van der Waals surface area contributed by atoms with Crippen LogP contribution in [-0.2, 0) is 4.79 Å². The van der Waals surface area contributed by atoms with Gasteiger partial charge in [0.25, 0.3) is 0 Å². The zero-order valence-corrected chi connectivity index (χ0v) is 19.2. The lowest BCUT2D eigenvalue weighted by molar-refractivity contribution is -0.121. The maximum Gasteiger partial charge on any atom is 0.233 e. The molecule has 0 saturated heterocycles. The molecule has 0 aliphatic heterocycles. The van der Waals surface area contributed by atoms with Crippen molar-refractivity contribution in [2.24, 2.45) is 0 Å². The first-order chi connectivity index (χ1) is 15.0. The third-order valence-electron chi connectivity index (χ3n) is 5.75. The zero-order valence-electron chi connectivity index (χ0n) is 18.3. The number of nitrogens with one attached hydrogen (secondary N) is 1. The highest BCUT2D eigenvalue weighted by Crippen LogP contribution is 2.31. The average Bonchev–Trinajstić information content (AvgIpc) is 3.18. The number of rotatable bonds is 6. The van der Waals surface area contributed by atoms with Crippen LogP contribution >= 0.6 is 11.8 Å². The summed E-state index contributed by atoms with van der Waals surface area (Å²) in [6, 6.07) is 10.5. The quantitative estimate of drug-likeness (QED) is 0.559. The van der Waals surface area contributed by atoms with Crippen LogP contribution < -0.4 is 5.32 Å². The van der Waals surface area contributed by atoms with Crippen molar-refractivity contribution in [1.82, 2.24) is 25.1 Å². The Morgan fingerprint density at radius 2 is 1.97 bits per heavy atom. The van der Waals surface area contributed by atoms with E-state index in [2.05, 4.69) is 52.5 Å². The summed E-state index contributed by atoms with van der Waals surface area (Å²) in [6.07, 6.45) is 9.35. The highest BCUT2D eigenvalue weighted by molar-refractivity contribution is 8.00. The summed E-state index contributed by atoms with van der Waals surface area (Å²) in [4.78, 5) is 17.1. The van der Waals surface area contributed by atoms with Crippen molar-refractivity contribution in [3.05, 3.63) is 53.9 Å². The van der Waals surface area contributed by atoms with Gasteiger partial charge < -0.3 is 5.32 Å². The van der Waals surface area contributed by atoms with Crippen LogP contribution in [0.25, 0.3) is 17.1 Å². The second kappa shape index (κ2) is 9.64. The highest BCUT2D eigenvalue weighted by atomic mass is 32.2. The maximum atomic E-state index is 12.9. The molecule has 0 unspecified atom stereocenters. The topological polar surface area (TPSA) is 72.7 Å². The minimum atomic E-state index is -0.266. The van der Waals surface area contributed by atoms with Gasteiger partial charge >= 0.3 is 0 Å². The lowest BCUT2D eigenvalue weighted by Crippen LogP contribution is -2.40. The Balaban J connectivity index is 1.64. The van der Waals surface area contributed by atoms with Gasteiger partial charge in [0, 0.05) is 24.0 Å². The molecule has 3 aromatic rings. The summed E-state index contributed by atoms with van der Waals surface area (Å²) in [5.41, 5.74) is 4.23. The molecule has 0 radical (unpaired) electrons. The second-order valence-corrected chi connectivity index (χ2v) is 9.58. The lowest BCUT2D eigenvalue weighted by atomic mass is 9.95. The molecule has 1 atom stereocenters. The number of thioether (sulfide) groups is 1. The van der Waals surface area contributed by atoms with Crippen molar-refractivity contribution in [2.45, 2.75) is 69.3 Å². The van der Waals surface area contributed by atoms with E-state index in [0.717, 1.165) is 35.5 Å². The number of nitrogens with zero attached hydrogens (tertiary/aromatic N) is 4. The van der Waals surface area contributed by atoms with Gasteiger partial charge in [-0.25, -0.2) is 0 Å². The molecule has 162 valence electrons. The molecule has 2 heterocycles. The first-order valence-electron chi connectivity index (χ1n) is 10.9. The van der Waals surface area contributed by atoms with E-state index in [1.165, 1.54) is 36.6 Å². The molecule has 7 heteroatoms. The van der Waals surface area contributed by atoms with Gasteiger partial charge in [-0.3, -0.25) is 14.3 Å². The molecule has 0 spiro atoms. The molecule has 1 aliphatic carbocycles. The Bertz CT molecular complexity index is 1040. The van der Waals surface area contributed by atoms with E-state index < -0.39 is 0 Å². The van der Waals surface area contributed by atoms with Crippen molar-refractivity contribution in [1.29, 1.82) is 0 Å². The fourth-order valence-corrected chi connectivity index (χ4v) is 4.95. The highest BCUT2D eigenvalue weighted by Gasteiger charge is 2.24. The Morgan fingerprint density at radius 1 is 1.16 bits per heavy atom. The number of benzene rings is 1. The van der Waals surface area contributed by atoms with E-state index in [-0.39, 0.29) is 11.2 Å². The maximum absolute atomic E-state index is 12.9. The summed E-state index contributed by atoms with van der Waals surface area (Å²) in [6.45, 7) is 6.11. The summed E-state index contributed by atoms with van der Waals surface area (Å²) < 4.78 is 2.04. The fraction of sp³-hybridized carbons (Fsp3) is 0.417. The van der Waals surface area contributed by atoms with Gasteiger partial charge in [0.1, 0.15) is 0 Å². The normalized spacial score (nSPS) is 15.6. The fourth-order valence-electron chi connectivity index (χ4n) is 4.08. The van der Waals surface area contributed by atoms with E-state index in [1.54, 1.807) is 12.4 Å². The van der Waals surface area contributed by atoms with Crippen molar-refractivity contribution >= 4 is 17.7 Å². The third kappa shape index (κ3) is 4.98. The van der Waals surface area contributed by atoms with E-state index in [9.17, 15) is 4.79 Å². The van der Waals surface area contributed by atoms with Crippen LogP contribution in [0.2, 0.25) is 0 Å². The van der Waals surface area contributed by atoms with Crippen LogP contribution in [0, 0.1) is 13.8 Å². The minimum absolute atomic E-state index is 0.0648. The largest absolute Gasteiger partial charge is 0.352 e. The Kier molecular flexibility index (Phi) is 6.70. The Hall–Kier alpha value is -2.67. The summed E-state index contributed by atoms with van der Waals surface area (Å²) >= 11 is 1.45. The number of carbonyl (C=O) groups is 1. The minimum Gasteiger partial charge on any atom is -0.352 e. The molecule has 1 N–H and O–H groups in total. The van der Waals surface area contributed by atoms with Gasteiger partial charge in [-0.15, -0.1) is 10.2 Å². The standard InChI is InChI=1S/C24H29N5OS/c1-16-11-12-21(17(2)14-16)29-22(19-8-7-13-25-15-19)27-28-24(29)31-18(3)23(30)26-20-9-5-4-6-10-20/h7-8,11-15,18,20H,4-6,9-10H2,1-3H3,(H,26,30)/t18-/m1/s1. The summed E-state index contributed by atoms with van der Waals surface area (Å²) in [5, 5.41) is 12.6. The molecule has 2 aromatic heterocycles. The van der Waals surface area contributed by atoms with Crippen LogP contribution in [0.4, 0.5) is 0 Å². The lowest BCUT2D eigenvalue weighted by Gasteiger charge is -2.24. The molecule has 1 amide bonds. The number of pyridine rings is 1. The van der Waals surface area contributed by atoms with Crippen molar-refractivity contribution in [3.8, 4) is 17.1 Å². The molecule has 1 aromatic carbocycles. The van der Waals surface area contributed by atoms with Crippen LogP contribution in [0.3, 0.4) is 0 Å². The van der Waals surface area contributed by atoms with Crippen LogP contribution in [-0.4, -0.2) is 36.9 Å². The van der Waals surface area contributed by atoms with E-state index in [1.807, 2.05) is 23.6 Å². The number of amides is 1. The van der Waals surface area contributed by atoms with Crippen LogP contribution in [0.5, 0.6) is 0 Å². The van der Waals surface area contributed by atoms with Crippen molar-refractivity contribution in [2.75, 3.05) is 0 Å². The molecule has 0 bridgehead atoms. The van der Waals surface area contributed by atoms with Gasteiger partial charge in [-0.05, 0) is 57.4 Å². The van der Waals surface area contributed by atoms with Gasteiger partial charge in [0.05, 0.1) is 10.9 Å². The molecule has 6 nitrogen and oxygen atoms in total. The first kappa shape index (κ1) is 21.6. The smallest absolute Gasteiger partial charge is 0.233 e. The molecule has 1 aliphatic rings. The summed E-state index contributed by atoms with van der Waals surface area (Å²) in [5.74, 6) is 0.789. The second-order valence-electron chi connectivity index (χ2n) is 8.28. The van der Waals surface area contributed by atoms with Gasteiger partial charge in [-0.2, -0.15) is 0 Å². The molecule has 31 heavy (non-hydrogen) atoms. The Morgan fingerprint density at radius 3 is 2.68 bits per heavy atom. The van der Waals surface area contributed by atoms with E-state index in [4.69, 9.17) is 0 Å². The predicted molar refractivity (Wildman–Crippen MR) is 124 cm³/mol. The van der Waals surface area contributed by atoms with E-state index >= 15 is 0 Å². The van der Waals surface area contributed by atoms with Gasteiger partial charge in [0.2, 0.25) is 5.91 Å². The van der Waals surface area contributed by atoms with Crippen molar-refractivity contribution < 1.29 is 4.79 Å². The molecule has 4 rings (SSSR count). The average molecular weight is 436 g/mol. The van der Waals surface area contributed by atoms with Crippen molar-refractivity contribution in [3.63, 3.8) is 0 Å². The molecular weight excluding hydrogens is 406 g/mol. The first-order valence-corrected chi connectivity index (χ1v) is 11.8. The predicted octanol–water partition coefficient (Wildman–Crippen LogP) is 4.88. The van der Waals surface area contributed by atoms with Crippen LogP contribution in [0.15, 0.2) is 47.9 Å². The third-order valence-corrected chi connectivity index (χ3v) is 6.79. The summed E-state index contributed by atoms with van der Waals surface area (Å²) in [7, 11) is 0. The SMILES string of the molecule is Cc1ccc(-n2c(S[C@H](C)C(=O)NC3CCCCC3)nnc2-c2cccnc2)c(C)c1. The number of hydrogen-bond acceptors (Lipinski definition) is 5. The zero-order chi connectivity index (χ0) is 21.8. The van der Waals surface area contributed by atoms with E-state index in [0.29, 0.717) is 11.2 Å². The molecule has 1 saturated carbocycles. The number of aryl methyl sites for hydroxylation is 2. The Labute approximate surface area is 187 Å².